The Morgan fingerprint density at radius 3 is 2.53 bits per heavy atom. The van der Waals surface area contributed by atoms with Gasteiger partial charge in [0, 0.05) is 31.8 Å². The van der Waals surface area contributed by atoms with Crippen molar-refractivity contribution in [1.29, 1.82) is 0 Å². The number of hydrogen-bond acceptors (Lipinski definition) is 7. The van der Waals surface area contributed by atoms with Gasteiger partial charge in [0.1, 0.15) is 0 Å². The van der Waals surface area contributed by atoms with Crippen molar-refractivity contribution in [1.82, 2.24) is 19.8 Å². The van der Waals surface area contributed by atoms with E-state index < -0.39 is 15.9 Å². The minimum atomic E-state index is -3.50. The zero-order chi connectivity index (χ0) is 21.6. The summed E-state index contributed by atoms with van der Waals surface area (Å²) >= 11 is 0. The third kappa shape index (κ3) is 5.65. The summed E-state index contributed by atoms with van der Waals surface area (Å²) in [4.78, 5) is 12.3. The van der Waals surface area contributed by atoms with Crippen molar-refractivity contribution < 1.29 is 22.4 Å². The van der Waals surface area contributed by atoms with E-state index in [9.17, 15) is 13.2 Å². The first-order valence-corrected chi connectivity index (χ1v) is 11.7. The second-order valence-electron chi connectivity index (χ2n) is 7.43. The zero-order valence-electron chi connectivity index (χ0n) is 17.3. The molecule has 2 heterocycles. The highest BCUT2D eigenvalue weighted by Crippen LogP contribution is 2.24. The summed E-state index contributed by atoms with van der Waals surface area (Å²) in [5.74, 6) is -0.437. The van der Waals surface area contributed by atoms with Crippen molar-refractivity contribution in [2.45, 2.75) is 50.5 Å². The van der Waals surface area contributed by atoms with Crippen LogP contribution < -0.4 is 5.32 Å². The van der Waals surface area contributed by atoms with Crippen LogP contribution in [-0.4, -0.2) is 61.2 Å². The molecule has 1 aliphatic heterocycles. The highest BCUT2D eigenvalue weighted by Gasteiger charge is 2.26. The summed E-state index contributed by atoms with van der Waals surface area (Å²) in [7, 11) is -3.50. The first-order valence-electron chi connectivity index (χ1n) is 10.2. The molecule has 0 atom stereocenters. The van der Waals surface area contributed by atoms with Gasteiger partial charge in [-0.1, -0.05) is 6.42 Å². The van der Waals surface area contributed by atoms with E-state index in [4.69, 9.17) is 9.15 Å². The van der Waals surface area contributed by atoms with Gasteiger partial charge in [-0.15, -0.1) is 10.2 Å². The molecule has 30 heavy (non-hydrogen) atoms. The van der Waals surface area contributed by atoms with Gasteiger partial charge in [0.05, 0.1) is 11.0 Å². The Bertz CT molecular complexity index is 934. The van der Waals surface area contributed by atoms with Gasteiger partial charge in [0.2, 0.25) is 15.9 Å². The van der Waals surface area contributed by atoms with Crippen molar-refractivity contribution in [2.24, 2.45) is 0 Å². The van der Waals surface area contributed by atoms with Crippen LogP contribution in [0, 0.1) is 0 Å². The number of benzene rings is 1. The average molecular weight is 437 g/mol. The maximum absolute atomic E-state index is 12.7. The Morgan fingerprint density at radius 1 is 1.17 bits per heavy atom. The molecule has 10 heteroatoms. The molecule has 0 unspecified atom stereocenters. The maximum atomic E-state index is 12.7. The van der Waals surface area contributed by atoms with Crippen LogP contribution in [0.5, 0.6) is 0 Å². The Balaban J connectivity index is 1.59. The topological polar surface area (TPSA) is 115 Å². The number of amides is 1. The molecule has 2 aromatic rings. The molecule has 164 valence electrons. The van der Waals surface area contributed by atoms with Crippen molar-refractivity contribution >= 4 is 15.9 Å². The van der Waals surface area contributed by atoms with Gasteiger partial charge in [-0.25, -0.2) is 8.42 Å². The fraction of sp³-hybridized carbons (Fsp3) is 0.550. The predicted octanol–water partition coefficient (Wildman–Crippen LogP) is 2.46. The van der Waals surface area contributed by atoms with E-state index in [1.165, 1.54) is 16.4 Å². The number of carbonyl (C=O) groups is 1. The maximum Gasteiger partial charge on any atom is 0.308 e. The SMILES string of the molecule is CC(C)OCCCNC(=O)c1nnc(-c2ccc(S(=O)(=O)N3CCCCC3)cc2)o1. The summed E-state index contributed by atoms with van der Waals surface area (Å²) in [6.45, 7) is 6.00. The van der Waals surface area contributed by atoms with Crippen molar-refractivity contribution in [2.75, 3.05) is 26.2 Å². The number of ether oxygens (including phenoxy) is 1. The van der Waals surface area contributed by atoms with E-state index >= 15 is 0 Å². The van der Waals surface area contributed by atoms with Crippen LogP contribution in [0.15, 0.2) is 33.6 Å². The summed E-state index contributed by atoms with van der Waals surface area (Å²) in [6.07, 6.45) is 3.66. The van der Waals surface area contributed by atoms with Crippen LogP contribution in [0.2, 0.25) is 0 Å². The van der Waals surface area contributed by atoms with Crippen LogP contribution in [0.25, 0.3) is 11.5 Å². The molecular weight excluding hydrogens is 408 g/mol. The van der Waals surface area contributed by atoms with E-state index in [2.05, 4.69) is 15.5 Å². The Kier molecular flexibility index (Phi) is 7.57. The van der Waals surface area contributed by atoms with E-state index in [0.29, 0.717) is 38.2 Å². The molecule has 1 saturated heterocycles. The van der Waals surface area contributed by atoms with Gasteiger partial charge < -0.3 is 14.5 Å². The van der Waals surface area contributed by atoms with E-state index in [0.717, 1.165) is 19.3 Å². The number of aromatic nitrogens is 2. The zero-order valence-corrected chi connectivity index (χ0v) is 18.2. The smallest absolute Gasteiger partial charge is 0.308 e. The highest BCUT2D eigenvalue weighted by molar-refractivity contribution is 7.89. The van der Waals surface area contributed by atoms with E-state index in [1.807, 2.05) is 13.8 Å². The number of piperidine rings is 1. The van der Waals surface area contributed by atoms with E-state index in [1.54, 1.807) is 12.1 Å². The Morgan fingerprint density at radius 2 is 1.87 bits per heavy atom. The second-order valence-corrected chi connectivity index (χ2v) is 9.37. The lowest BCUT2D eigenvalue weighted by molar-refractivity contribution is 0.0752. The molecule has 1 amide bonds. The molecule has 1 aromatic heterocycles. The van der Waals surface area contributed by atoms with Gasteiger partial charge in [-0.05, 0) is 57.4 Å². The minimum absolute atomic E-state index is 0.139. The molecule has 0 aliphatic carbocycles. The van der Waals surface area contributed by atoms with E-state index in [-0.39, 0.29) is 22.8 Å². The van der Waals surface area contributed by atoms with Crippen molar-refractivity contribution in [3.05, 3.63) is 30.2 Å². The summed E-state index contributed by atoms with van der Waals surface area (Å²) in [5.41, 5.74) is 0.546. The van der Waals surface area contributed by atoms with Crippen LogP contribution >= 0.6 is 0 Å². The molecule has 0 bridgehead atoms. The van der Waals surface area contributed by atoms with Gasteiger partial charge in [-0.2, -0.15) is 4.31 Å². The molecule has 1 N–H and O–H groups in total. The lowest BCUT2D eigenvalue weighted by atomic mass is 10.2. The molecular formula is C20H28N4O5S. The molecule has 9 nitrogen and oxygen atoms in total. The quantitative estimate of drug-likeness (QED) is 0.601. The second kappa shape index (κ2) is 10.1. The molecule has 0 spiro atoms. The number of nitrogens with one attached hydrogen (secondary N) is 1. The Hall–Kier alpha value is -2.30. The first-order chi connectivity index (χ1) is 14.4. The number of rotatable bonds is 9. The minimum Gasteiger partial charge on any atom is -0.412 e. The number of hydrogen-bond donors (Lipinski definition) is 1. The molecule has 1 aromatic carbocycles. The summed E-state index contributed by atoms with van der Waals surface area (Å²) in [5, 5.41) is 10.4. The van der Waals surface area contributed by atoms with Crippen LogP contribution in [0.4, 0.5) is 0 Å². The highest BCUT2D eigenvalue weighted by atomic mass is 32.2. The number of nitrogens with zero attached hydrogens (tertiary/aromatic N) is 3. The Labute approximate surface area is 176 Å². The fourth-order valence-electron chi connectivity index (χ4n) is 3.12. The number of sulfonamides is 1. The third-order valence-corrected chi connectivity index (χ3v) is 6.64. The van der Waals surface area contributed by atoms with Crippen LogP contribution in [0.1, 0.15) is 50.2 Å². The molecule has 1 aliphatic rings. The largest absolute Gasteiger partial charge is 0.412 e. The molecule has 0 radical (unpaired) electrons. The standard InChI is InChI=1S/C20H28N4O5S/c1-15(2)28-14-6-11-21-18(25)20-23-22-19(29-20)16-7-9-17(10-8-16)30(26,27)24-12-4-3-5-13-24/h7-10,15H,3-6,11-14H2,1-2H3,(H,21,25). The van der Waals surface area contributed by atoms with Crippen LogP contribution in [-0.2, 0) is 14.8 Å². The number of carbonyl (C=O) groups excluding carboxylic acids is 1. The predicted molar refractivity (Wildman–Crippen MR) is 110 cm³/mol. The molecule has 3 rings (SSSR count). The normalized spacial score (nSPS) is 15.4. The van der Waals surface area contributed by atoms with Gasteiger partial charge >= 0.3 is 11.8 Å². The molecule has 1 fully saturated rings. The lowest BCUT2D eigenvalue weighted by Gasteiger charge is -2.25. The third-order valence-electron chi connectivity index (χ3n) is 4.73. The van der Waals surface area contributed by atoms with Gasteiger partial charge in [0.15, 0.2) is 0 Å². The van der Waals surface area contributed by atoms with Gasteiger partial charge in [0.25, 0.3) is 0 Å². The lowest BCUT2D eigenvalue weighted by Crippen LogP contribution is -2.35. The first kappa shape index (κ1) is 22.4. The van der Waals surface area contributed by atoms with Crippen LogP contribution in [0.3, 0.4) is 0 Å². The molecule has 0 saturated carbocycles. The monoisotopic (exact) mass is 436 g/mol. The van der Waals surface area contributed by atoms with Crippen molar-refractivity contribution in [3.8, 4) is 11.5 Å². The summed E-state index contributed by atoms with van der Waals surface area (Å²) < 4.78 is 37.8. The fourth-order valence-corrected chi connectivity index (χ4v) is 4.64. The average Bonchev–Trinajstić information content (AvgIpc) is 3.24. The van der Waals surface area contributed by atoms with Crippen molar-refractivity contribution in [3.63, 3.8) is 0 Å². The summed E-state index contributed by atoms with van der Waals surface area (Å²) in [6, 6.07) is 6.26. The van der Waals surface area contributed by atoms with Gasteiger partial charge in [-0.3, -0.25) is 4.79 Å².